The second kappa shape index (κ2) is 7.53. The summed E-state index contributed by atoms with van der Waals surface area (Å²) in [6.07, 6.45) is 0. The van der Waals surface area contributed by atoms with Crippen molar-refractivity contribution < 1.29 is 18.5 Å². The molecule has 7 nitrogen and oxygen atoms in total. The van der Waals surface area contributed by atoms with E-state index in [4.69, 9.17) is 4.52 Å². The molecular formula is C19H19FN4O3. The van der Waals surface area contributed by atoms with Crippen molar-refractivity contribution in [2.45, 2.75) is 26.8 Å². The number of hydrogen-bond donors (Lipinski definition) is 2. The molecule has 1 atom stereocenters. The Hall–Kier alpha value is -3.29. The monoisotopic (exact) mass is 370 g/mol. The number of carbonyl (C=O) groups is 2. The third kappa shape index (κ3) is 3.64. The van der Waals surface area contributed by atoms with Crippen molar-refractivity contribution in [3.8, 4) is 11.3 Å². The zero-order valence-corrected chi connectivity index (χ0v) is 15.2. The topological polar surface area (TPSA) is 97.1 Å². The van der Waals surface area contributed by atoms with Crippen LogP contribution in [0, 0.1) is 12.7 Å². The second-order valence-corrected chi connectivity index (χ2v) is 6.07. The van der Waals surface area contributed by atoms with Gasteiger partial charge < -0.3 is 15.2 Å². The first-order valence-electron chi connectivity index (χ1n) is 8.52. The first-order valence-corrected chi connectivity index (χ1v) is 8.52. The van der Waals surface area contributed by atoms with Gasteiger partial charge >= 0.3 is 0 Å². The van der Waals surface area contributed by atoms with Gasteiger partial charge in [0.2, 0.25) is 5.91 Å². The summed E-state index contributed by atoms with van der Waals surface area (Å²) in [5.41, 5.74) is 1.30. The van der Waals surface area contributed by atoms with Crippen LogP contribution in [0.15, 0.2) is 34.9 Å². The van der Waals surface area contributed by atoms with Gasteiger partial charge in [-0.15, -0.1) is 0 Å². The molecule has 8 heteroatoms. The van der Waals surface area contributed by atoms with Crippen LogP contribution in [0.1, 0.15) is 29.9 Å². The molecule has 2 amide bonds. The first kappa shape index (κ1) is 18.5. The molecule has 2 N–H and O–H groups in total. The Kier molecular flexibility index (Phi) is 5.16. The first-order chi connectivity index (χ1) is 12.9. The quantitative estimate of drug-likeness (QED) is 0.719. The molecule has 0 saturated heterocycles. The molecule has 0 saturated carbocycles. The summed E-state index contributed by atoms with van der Waals surface area (Å²) in [6.45, 7) is 5.51. The van der Waals surface area contributed by atoms with Gasteiger partial charge in [-0.1, -0.05) is 17.3 Å². The molecule has 0 fully saturated rings. The highest BCUT2D eigenvalue weighted by Crippen LogP contribution is 2.28. The summed E-state index contributed by atoms with van der Waals surface area (Å²) in [7, 11) is 0. The minimum Gasteiger partial charge on any atom is -0.355 e. The zero-order chi connectivity index (χ0) is 19.6. The van der Waals surface area contributed by atoms with Crippen molar-refractivity contribution in [1.82, 2.24) is 20.8 Å². The summed E-state index contributed by atoms with van der Waals surface area (Å²) < 4.78 is 19.4. The van der Waals surface area contributed by atoms with Crippen molar-refractivity contribution in [2.24, 2.45) is 0 Å². The lowest BCUT2D eigenvalue weighted by atomic mass is 10.0. The minimum atomic E-state index is -0.738. The van der Waals surface area contributed by atoms with Gasteiger partial charge in [0.25, 0.3) is 11.6 Å². The number of hydrogen-bond acceptors (Lipinski definition) is 5. The molecule has 0 aliphatic rings. The molecule has 2 aromatic heterocycles. The van der Waals surface area contributed by atoms with E-state index >= 15 is 0 Å². The molecule has 140 valence electrons. The predicted molar refractivity (Wildman–Crippen MR) is 97.5 cm³/mol. The van der Waals surface area contributed by atoms with E-state index in [0.29, 0.717) is 17.6 Å². The lowest BCUT2D eigenvalue weighted by Crippen LogP contribution is -2.44. The predicted octanol–water partition coefficient (Wildman–Crippen LogP) is 2.59. The van der Waals surface area contributed by atoms with E-state index < -0.39 is 17.8 Å². The number of rotatable bonds is 5. The maximum Gasteiger partial charge on any atom is 0.259 e. The third-order valence-electron chi connectivity index (χ3n) is 4.10. The molecule has 2 heterocycles. The Morgan fingerprint density at radius 2 is 2.04 bits per heavy atom. The number of halogens is 1. The molecule has 1 aromatic carbocycles. The van der Waals surface area contributed by atoms with Crippen LogP contribution in [-0.4, -0.2) is 34.5 Å². The summed E-state index contributed by atoms with van der Waals surface area (Å²) in [5.74, 6) is -1.26. The van der Waals surface area contributed by atoms with Crippen LogP contribution in [-0.2, 0) is 4.79 Å². The SMILES string of the molecule is CCNC(=O)[C@@H](C)NC(=O)c1cc(-c2ccccc2F)nc2onc(C)c12. The van der Waals surface area contributed by atoms with Gasteiger partial charge in [0.15, 0.2) is 0 Å². The average Bonchev–Trinajstić information content (AvgIpc) is 3.02. The highest BCUT2D eigenvalue weighted by Gasteiger charge is 2.23. The molecule has 0 aliphatic carbocycles. The third-order valence-corrected chi connectivity index (χ3v) is 4.10. The standard InChI is InChI=1S/C19H19FN4O3/c1-4-21-17(25)11(3)22-18(26)13-9-15(12-7-5-6-8-14(12)20)23-19-16(13)10(2)24-27-19/h5-9,11H,4H2,1-3H3,(H,21,25)(H,22,26)/t11-/m1/s1. The number of pyridine rings is 1. The van der Waals surface area contributed by atoms with E-state index in [2.05, 4.69) is 20.8 Å². The van der Waals surface area contributed by atoms with Gasteiger partial charge in [-0.2, -0.15) is 0 Å². The number of benzene rings is 1. The molecule has 3 rings (SSSR count). The Morgan fingerprint density at radius 3 is 2.74 bits per heavy atom. The highest BCUT2D eigenvalue weighted by atomic mass is 19.1. The Balaban J connectivity index is 2.06. The molecule has 0 aliphatic heterocycles. The van der Waals surface area contributed by atoms with E-state index in [1.54, 1.807) is 39.0 Å². The zero-order valence-electron chi connectivity index (χ0n) is 15.2. The van der Waals surface area contributed by atoms with Crippen LogP contribution >= 0.6 is 0 Å². The lowest BCUT2D eigenvalue weighted by molar-refractivity contribution is -0.122. The minimum absolute atomic E-state index is 0.129. The summed E-state index contributed by atoms with van der Waals surface area (Å²) >= 11 is 0. The van der Waals surface area contributed by atoms with Crippen LogP contribution in [0.3, 0.4) is 0 Å². The fraction of sp³-hybridized carbons (Fsp3) is 0.263. The summed E-state index contributed by atoms with van der Waals surface area (Å²) in [5, 5.41) is 9.56. The number of aromatic nitrogens is 2. The Labute approximate surface area is 154 Å². The molecule has 0 spiro atoms. The van der Waals surface area contributed by atoms with Crippen molar-refractivity contribution in [3.05, 3.63) is 47.4 Å². The van der Waals surface area contributed by atoms with Gasteiger partial charge in [0.1, 0.15) is 11.9 Å². The number of aryl methyl sites for hydroxylation is 1. The van der Waals surface area contributed by atoms with E-state index in [0.717, 1.165) is 0 Å². The van der Waals surface area contributed by atoms with E-state index in [-0.39, 0.29) is 28.4 Å². The van der Waals surface area contributed by atoms with E-state index in [1.165, 1.54) is 12.1 Å². The van der Waals surface area contributed by atoms with E-state index in [1.807, 2.05) is 0 Å². The summed E-state index contributed by atoms with van der Waals surface area (Å²) in [6, 6.07) is 6.85. The van der Waals surface area contributed by atoms with Crippen LogP contribution < -0.4 is 10.6 Å². The number of nitrogens with one attached hydrogen (secondary N) is 2. The van der Waals surface area contributed by atoms with E-state index in [9.17, 15) is 14.0 Å². The van der Waals surface area contributed by atoms with Gasteiger partial charge in [0, 0.05) is 12.1 Å². The maximum atomic E-state index is 14.2. The Morgan fingerprint density at radius 1 is 1.30 bits per heavy atom. The van der Waals surface area contributed by atoms with Crippen molar-refractivity contribution in [3.63, 3.8) is 0 Å². The molecule has 0 unspecified atom stereocenters. The smallest absolute Gasteiger partial charge is 0.259 e. The number of fused-ring (bicyclic) bond motifs is 1. The number of carbonyl (C=O) groups excluding carboxylic acids is 2. The van der Waals surface area contributed by atoms with Crippen molar-refractivity contribution in [2.75, 3.05) is 6.54 Å². The Bertz CT molecular complexity index is 1020. The van der Waals surface area contributed by atoms with Gasteiger partial charge in [-0.05, 0) is 39.0 Å². The fourth-order valence-electron chi connectivity index (χ4n) is 2.75. The van der Waals surface area contributed by atoms with Gasteiger partial charge in [-0.3, -0.25) is 9.59 Å². The molecule has 0 bridgehead atoms. The van der Waals surface area contributed by atoms with Crippen LogP contribution in [0.2, 0.25) is 0 Å². The van der Waals surface area contributed by atoms with Crippen molar-refractivity contribution in [1.29, 1.82) is 0 Å². The van der Waals surface area contributed by atoms with Crippen LogP contribution in [0.5, 0.6) is 0 Å². The molecule has 3 aromatic rings. The van der Waals surface area contributed by atoms with Crippen LogP contribution in [0.4, 0.5) is 4.39 Å². The maximum absolute atomic E-state index is 14.2. The average molecular weight is 370 g/mol. The molecule has 0 radical (unpaired) electrons. The highest BCUT2D eigenvalue weighted by molar-refractivity contribution is 6.08. The second-order valence-electron chi connectivity index (χ2n) is 6.07. The number of likely N-dealkylation sites (N-methyl/N-ethyl adjacent to an activating group) is 1. The fourth-order valence-corrected chi connectivity index (χ4v) is 2.75. The number of amides is 2. The van der Waals surface area contributed by atoms with Crippen molar-refractivity contribution >= 4 is 22.9 Å². The van der Waals surface area contributed by atoms with Crippen LogP contribution in [0.25, 0.3) is 22.4 Å². The molecular weight excluding hydrogens is 351 g/mol. The number of nitrogens with zero attached hydrogens (tertiary/aromatic N) is 2. The van der Waals surface area contributed by atoms with Gasteiger partial charge in [0.05, 0.1) is 22.3 Å². The molecule has 27 heavy (non-hydrogen) atoms. The van der Waals surface area contributed by atoms with Gasteiger partial charge in [-0.25, -0.2) is 9.37 Å². The normalized spacial score (nSPS) is 12.0. The largest absolute Gasteiger partial charge is 0.355 e. The lowest BCUT2D eigenvalue weighted by Gasteiger charge is -2.14. The summed E-state index contributed by atoms with van der Waals surface area (Å²) in [4.78, 5) is 29.0.